The van der Waals surface area contributed by atoms with Crippen LogP contribution in [0.1, 0.15) is 10.5 Å². The van der Waals surface area contributed by atoms with E-state index in [9.17, 15) is 9.18 Å². The van der Waals surface area contributed by atoms with Crippen molar-refractivity contribution < 1.29 is 9.18 Å². The molecule has 5 heteroatoms. The van der Waals surface area contributed by atoms with Crippen LogP contribution in [0.15, 0.2) is 48.5 Å². The van der Waals surface area contributed by atoms with Crippen LogP contribution in [0.3, 0.4) is 0 Å². The van der Waals surface area contributed by atoms with Crippen molar-refractivity contribution in [3.63, 3.8) is 0 Å². The molecule has 0 atom stereocenters. The van der Waals surface area contributed by atoms with Gasteiger partial charge in [0.25, 0.3) is 5.91 Å². The van der Waals surface area contributed by atoms with Crippen LogP contribution >= 0.6 is 11.6 Å². The summed E-state index contributed by atoms with van der Waals surface area (Å²) in [6, 6.07) is 12.8. The van der Waals surface area contributed by atoms with E-state index in [1.165, 1.54) is 18.2 Å². The molecule has 3 rings (SSSR count). The molecule has 0 aliphatic rings. The summed E-state index contributed by atoms with van der Waals surface area (Å²) in [5.41, 5.74) is 1.58. The lowest BCUT2D eigenvalue weighted by Gasteiger charge is -2.03. The molecule has 0 radical (unpaired) electrons. The molecule has 0 bridgehead atoms. The molecular weight excluding hydrogens is 279 g/mol. The molecule has 1 heterocycles. The van der Waals surface area contributed by atoms with Crippen molar-refractivity contribution in [2.24, 2.45) is 0 Å². The van der Waals surface area contributed by atoms with E-state index in [0.29, 0.717) is 16.4 Å². The summed E-state index contributed by atoms with van der Waals surface area (Å²) in [6.07, 6.45) is 0. The molecule has 0 aliphatic heterocycles. The Kier molecular flexibility index (Phi) is 3.16. The molecule has 3 nitrogen and oxygen atoms in total. The molecule has 0 saturated carbocycles. The average Bonchev–Trinajstić information content (AvgIpc) is 2.81. The van der Waals surface area contributed by atoms with Gasteiger partial charge in [0.05, 0.1) is 0 Å². The lowest BCUT2D eigenvalue weighted by atomic mass is 10.2. The van der Waals surface area contributed by atoms with Gasteiger partial charge in [0.15, 0.2) is 0 Å². The molecule has 0 spiro atoms. The second-order valence-electron chi connectivity index (χ2n) is 4.38. The maximum Gasteiger partial charge on any atom is 0.272 e. The zero-order valence-electron chi connectivity index (χ0n) is 10.3. The van der Waals surface area contributed by atoms with Gasteiger partial charge in [-0.05, 0) is 36.4 Å². The van der Waals surface area contributed by atoms with E-state index < -0.39 is 5.82 Å². The van der Waals surface area contributed by atoms with Crippen LogP contribution in [0.25, 0.3) is 10.9 Å². The maximum absolute atomic E-state index is 13.1. The van der Waals surface area contributed by atoms with Crippen LogP contribution < -0.4 is 5.32 Å². The Morgan fingerprint density at radius 2 is 2.00 bits per heavy atom. The van der Waals surface area contributed by atoms with Gasteiger partial charge in [-0.15, -0.1) is 0 Å². The molecule has 0 saturated heterocycles. The quantitative estimate of drug-likeness (QED) is 0.729. The average molecular weight is 289 g/mol. The van der Waals surface area contributed by atoms with E-state index in [4.69, 9.17) is 11.6 Å². The summed E-state index contributed by atoms with van der Waals surface area (Å²) in [5, 5.41) is 4.11. The third-order valence-corrected chi connectivity index (χ3v) is 3.15. The summed E-state index contributed by atoms with van der Waals surface area (Å²) in [7, 11) is 0. The topological polar surface area (TPSA) is 44.9 Å². The predicted octanol–water partition coefficient (Wildman–Crippen LogP) is 4.21. The van der Waals surface area contributed by atoms with E-state index in [1.54, 1.807) is 24.3 Å². The first-order valence-corrected chi connectivity index (χ1v) is 6.35. The van der Waals surface area contributed by atoms with Crippen molar-refractivity contribution in [1.82, 2.24) is 4.98 Å². The number of carbonyl (C=O) groups is 1. The first-order valence-electron chi connectivity index (χ1n) is 5.97. The normalized spacial score (nSPS) is 10.7. The van der Waals surface area contributed by atoms with Crippen molar-refractivity contribution in [3.05, 3.63) is 65.1 Å². The number of carbonyl (C=O) groups excluding carboxylic acids is 1. The summed E-state index contributed by atoms with van der Waals surface area (Å²) in [5.74, 6) is -0.728. The number of hydrogen-bond donors (Lipinski definition) is 2. The first-order chi connectivity index (χ1) is 9.61. The highest BCUT2D eigenvalue weighted by atomic mass is 35.5. The Hall–Kier alpha value is -2.33. The number of nitrogens with one attached hydrogen (secondary N) is 2. The van der Waals surface area contributed by atoms with E-state index in [-0.39, 0.29) is 5.91 Å². The Balaban J connectivity index is 1.88. The Morgan fingerprint density at radius 1 is 1.15 bits per heavy atom. The molecule has 20 heavy (non-hydrogen) atoms. The van der Waals surface area contributed by atoms with Crippen LogP contribution in [-0.4, -0.2) is 10.9 Å². The number of hydrogen-bond acceptors (Lipinski definition) is 1. The van der Waals surface area contributed by atoms with Crippen LogP contribution in [0.5, 0.6) is 0 Å². The number of rotatable bonds is 2. The zero-order chi connectivity index (χ0) is 14.1. The van der Waals surface area contributed by atoms with Crippen molar-refractivity contribution in [2.75, 3.05) is 5.32 Å². The fourth-order valence-electron chi connectivity index (χ4n) is 1.99. The van der Waals surface area contributed by atoms with Crippen LogP contribution in [0.2, 0.25) is 5.02 Å². The van der Waals surface area contributed by atoms with Crippen molar-refractivity contribution in [2.45, 2.75) is 0 Å². The molecule has 0 unspecified atom stereocenters. The Bertz CT molecular complexity index is 797. The van der Waals surface area contributed by atoms with E-state index in [1.807, 2.05) is 6.07 Å². The van der Waals surface area contributed by atoms with Gasteiger partial charge in [-0.25, -0.2) is 4.39 Å². The lowest BCUT2D eigenvalue weighted by molar-refractivity contribution is 0.102. The van der Waals surface area contributed by atoms with E-state index >= 15 is 0 Å². The van der Waals surface area contributed by atoms with Crippen LogP contribution in [-0.2, 0) is 0 Å². The Morgan fingerprint density at radius 3 is 2.80 bits per heavy atom. The van der Waals surface area contributed by atoms with Gasteiger partial charge in [0, 0.05) is 21.6 Å². The van der Waals surface area contributed by atoms with Gasteiger partial charge >= 0.3 is 0 Å². The molecule has 100 valence electrons. The van der Waals surface area contributed by atoms with Gasteiger partial charge in [0.1, 0.15) is 11.5 Å². The number of H-pyrrole nitrogens is 1. The first kappa shape index (κ1) is 12.7. The van der Waals surface area contributed by atoms with E-state index in [0.717, 1.165) is 10.9 Å². The fourth-order valence-corrected chi connectivity index (χ4v) is 2.16. The fraction of sp³-hybridized carbons (Fsp3) is 0. The van der Waals surface area contributed by atoms with Gasteiger partial charge in [-0.2, -0.15) is 0 Å². The smallest absolute Gasteiger partial charge is 0.272 e. The summed E-state index contributed by atoms with van der Waals surface area (Å²) in [6.45, 7) is 0. The molecule has 3 aromatic rings. The third kappa shape index (κ3) is 2.51. The second-order valence-corrected chi connectivity index (χ2v) is 4.82. The van der Waals surface area contributed by atoms with Gasteiger partial charge in [-0.3, -0.25) is 4.79 Å². The zero-order valence-corrected chi connectivity index (χ0v) is 11.0. The van der Waals surface area contributed by atoms with Crippen LogP contribution in [0.4, 0.5) is 10.1 Å². The number of benzene rings is 2. The van der Waals surface area contributed by atoms with E-state index in [2.05, 4.69) is 10.3 Å². The number of anilines is 1. The molecule has 2 N–H and O–H groups in total. The molecule has 0 fully saturated rings. The summed E-state index contributed by atoms with van der Waals surface area (Å²) in [4.78, 5) is 15.1. The van der Waals surface area contributed by atoms with Crippen molar-refractivity contribution in [1.29, 1.82) is 0 Å². The molecule has 2 aromatic carbocycles. The number of fused-ring (bicyclic) bond motifs is 1. The van der Waals surface area contributed by atoms with Crippen molar-refractivity contribution in [3.8, 4) is 0 Å². The highest BCUT2D eigenvalue weighted by Crippen LogP contribution is 2.20. The number of halogens is 2. The maximum atomic E-state index is 13.1. The third-order valence-electron chi connectivity index (χ3n) is 2.91. The van der Waals surface area contributed by atoms with Crippen LogP contribution in [0, 0.1) is 5.82 Å². The molecule has 1 amide bonds. The lowest BCUT2D eigenvalue weighted by Crippen LogP contribution is -2.12. The minimum atomic E-state index is -0.397. The SMILES string of the molecule is O=C(Nc1cccc(F)c1)c1cc2ccc(Cl)cc2[nH]1. The Labute approximate surface area is 119 Å². The van der Waals surface area contributed by atoms with Gasteiger partial charge in [0.2, 0.25) is 0 Å². The summed E-state index contributed by atoms with van der Waals surface area (Å²) >= 11 is 5.89. The largest absolute Gasteiger partial charge is 0.350 e. The van der Waals surface area contributed by atoms with Crippen molar-refractivity contribution >= 4 is 34.1 Å². The number of aromatic amines is 1. The number of amides is 1. The highest BCUT2D eigenvalue weighted by molar-refractivity contribution is 6.31. The molecule has 0 aliphatic carbocycles. The minimum Gasteiger partial charge on any atom is -0.350 e. The second kappa shape index (κ2) is 4.98. The highest BCUT2D eigenvalue weighted by Gasteiger charge is 2.10. The standard InChI is InChI=1S/C15H10ClFN2O/c16-10-5-4-9-6-14(19-13(9)7-10)15(20)18-12-3-1-2-11(17)8-12/h1-8,19H,(H,18,20). The monoisotopic (exact) mass is 288 g/mol. The van der Waals surface area contributed by atoms with Gasteiger partial charge in [-0.1, -0.05) is 23.7 Å². The predicted molar refractivity (Wildman–Crippen MR) is 77.7 cm³/mol. The molecule has 1 aromatic heterocycles. The molecular formula is C15H10ClFN2O. The summed E-state index contributed by atoms with van der Waals surface area (Å²) < 4.78 is 13.1. The van der Waals surface area contributed by atoms with Gasteiger partial charge < -0.3 is 10.3 Å². The minimum absolute atomic E-state index is 0.331. The number of aromatic nitrogens is 1.